The molecule has 1 rings (SSSR count). The Morgan fingerprint density at radius 2 is 1.90 bits per heavy atom. The van der Waals surface area contributed by atoms with Crippen molar-refractivity contribution in [3.8, 4) is 0 Å². The molecule has 0 heterocycles. The van der Waals surface area contributed by atoms with Gasteiger partial charge in [-0.3, -0.25) is 4.79 Å². The molecule has 0 saturated carbocycles. The number of Topliss-reactive ketones (excluding diaryl/α,β-unsaturated/α-hetero) is 1. The first-order valence-electron chi connectivity index (χ1n) is 2.82. The Morgan fingerprint density at radius 1 is 1.30 bits per heavy atom. The lowest BCUT2D eigenvalue weighted by molar-refractivity contribution is 0.107. The summed E-state index contributed by atoms with van der Waals surface area (Å²) < 4.78 is 0. The number of carbonyl (C=O) groups is 1. The van der Waals surface area contributed by atoms with Crippen LogP contribution in [0.1, 0.15) is 10.4 Å². The van der Waals surface area contributed by atoms with E-state index in [1.165, 1.54) is 0 Å². The van der Waals surface area contributed by atoms with Gasteiger partial charge in [-0.25, -0.2) is 0 Å². The fraction of sp³-hybridized carbons (Fsp3) is 0. The van der Waals surface area contributed by atoms with E-state index < -0.39 is 0 Å². The van der Waals surface area contributed by atoms with Crippen LogP contribution in [-0.4, -0.2) is 11.2 Å². The summed E-state index contributed by atoms with van der Waals surface area (Å²) in [6, 6.07) is 8.85. The molecule has 0 aliphatic carbocycles. The standard InChI is InChI=1S/C8H5OS/c9-8(6-10)7-4-2-1-3-5-7/h1-5H. The number of hydrogen-bond donors (Lipinski definition) is 0. The topological polar surface area (TPSA) is 17.1 Å². The number of rotatable bonds is 2. The molecule has 0 amide bonds. The van der Waals surface area contributed by atoms with E-state index in [0.717, 1.165) is 0 Å². The van der Waals surface area contributed by atoms with Crippen LogP contribution < -0.4 is 0 Å². The van der Waals surface area contributed by atoms with Crippen molar-refractivity contribution >= 4 is 23.4 Å². The molecule has 2 heteroatoms. The maximum atomic E-state index is 10.8. The normalized spacial score (nSPS) is 8.80. The summed E-state index contributed by atoms with van der Waals surface area (Å²) >= 11 is 4.36. The molecule has 49 valence electrons. The van der Waals surface area contributed by atoms with E-state index >= 15 is 0 Å². The van der Waals surface area contributed by atoms with Crippen LogP contribution in [0.4, 0.5) is 0 Å². The summed E-state index contributed by atoms with van der Waals surface area (Å²) in [4.78, 5) is 10.8. The van der Waals surface area contributed by atoms with Gasteiger partial charge in [-0.1, -0.05) is 42.5 Å². The molecule has 0 saturated heterocycles. The van der Waals surface area contributed by atoms with Gasteiger partial charge >= 0.3 is 0 Å². The Bertz CT molecular complexity index is 241. The van der Waals surface area contributed by atoms with E-state index in [1.54, 1.807) is 24.3 Å². The van der Waals surface area contributed by atoms with Crippen LogP contribution in [-0.2, 0) is 0 Å². The van der Waals surface area contributed by atoms with Crippen molar-refractivity contribution in [1.82, 2.24) is 0 Å². The third kappa shape index (κ3) is 1.48. The van der Waals surface area contributed by atoms with Crippen molar-refractivity contribution in [2.75, 3.05) is 0 Å². The Kier molecular flexibility index (Phi) is 2.29. The quantitative estimate of drug-likeness (QED) is 0.470. The third-order valence-electron chi connectivity index (χ3n) is 1.13. The van der Waals surface area contributed by atoms with Gasteiger partial charge < -0.3 is 0 Å². The molecule has 10 heavy (non-hydrogen) atoms. The lowest BCUT2D eigenvalue weighted by atomic mass is 10.2. The van der Waals surface area contributed by atoms with E-state index in [-0.39, 0.29) is 5.78 Å². The minimum atomic E-state index is -0.226. The molecule has 1 radical (unpaired) electrons. The van der Waals surface area contributed by atoms with E-state index in [9.17, 15) is 4.79 Å². The second-order valence-electron chi connectivity index (χ2n) is 1.80. The first-order valence-corrected chi connectivity index (χ1v) is 3.23. The van der Waals surface area contributed by atoms with Crippen LogP contribution >= 0.6 is 12.2 Å². The van der Waals surface area contributed by atoms with Gasteiger partial charge in [0.25, 0.3) is 0 Å². The lowest BCUT2D eigenvalue weighted by Gasteiger charge is -1.89. The maximum Gasteiger partial charge on any atom is 0.205 e. The van der Waals surface area contributed by atoms with Crippen molar-refractivity contribution in [2.45, 2.75) is 0 Å². The fourth-order valence-corrected chi connectivity index (χ4v) is 0.766. The molecule has 1 aromatic carbocycles. The van der Waals surface area contributed by atoms with E-state index in [2.05, 4.69) is 17.6 Å². The second-order valence-corrected chi connectivity index (χ2v) is 2.00. The predicted octanol–water partition coefficient (Wildman–Crippen LogP) is 1.75. The van der Waals surface area contributed by atoms with Gasteiger partial charge in [0.15, 0.2) is 0 Å². The number of ketones is 1. The molecule has 0 aliphatic heterocycles. The smallest absolute Gasteiger partial charge is 0.205 e. The van der Waals surface area contributed by atoms with Crippen molar-refractivity contribution in [2.24, 2.45) is 0 Å². The lowest BCUT2D eigenvalue weighted by Crippen LogP contribution is -1.96. The Hall–Kier alpha value is -1.02. The molecule has 1 aromatic rings. The van der Waals surface area contributed by atoms with Gasteiger partial charge in [-0.2, -0.15) is 0 Å². The largest absolute Gasteiger partial charge is 0.288 e. The van der Waals surface area contributed by atoms with Crippen LogP contribution in [0, 0.1) is 0 Å². The minimum Gasteiger partial charge on any atom is -0.288 e. The van der Waals surface area contributed by atoms with E-state index in [1.807, 2.05) is 6.07 Å². The molecule has 0 aromatic heterocycles. The van der Waals surface area contributed by atoms with Gasteiger partial charge in [0.05, 0.1) is 0 Å². The maximum absolute atomic E-state index is 10.8. The number of thiocarbonyl (C=S) groups is 1. The predicted molar refractivity (Wildman–Crippen MR) is 43.4 cm³/mol. The van der Waals surface area contributed by atoms with Gasteiger partial charge in [-0.15, -0.1) is 0 Å². The number of carbonyl (C=O) groups excluding carboxylic acids is 1. The summed E-state index contributed by atoms with van der Waals surface area (Å²) in [6.07, 6.45) is 0. The number of benzene rings is 1. The first kappa shape index (κ1) is 7.09. The molecule has 0 fully saturated rings. The van der Waals surface area contributed by atoms with Crippen LogP contribution in [0.25, 0.3) is 0 Å². The zero-order valence-corrected chi connectivity index (χ0v) is 6.02. The van der Waals surface area contributed by atoms with E-state index in [0.29, 0.717) is 5.56 Å². The van der Waals surface area contributed by atoms with E-state index in [4.69, 9.17) is 0 Å². The SMILES string of the molecule is O=C([C]=S)c1ccccc1. The van der Waals surface area contributed by atoms with Gasteiger partial charge in [0.1, 0.15) is 5.37 Å². The van der Waals surface area contributed by atoms with Crippen LogP contribution in [0.3, 0.4) is 0 Å². The first-order chi connectivity index (χ1) is 4.84. The highest BCUT2D eigenvalue weighted by Crippen LogP contribution is 1.97. The van der Waals surface area contributed by atoms with Crippen molar-refractivity contribution in [3.63, 3.8) is 0 Å². The van der Waals surface area contributed by atoms with Gasteiger partial charge in [-0.05, 0) is 0 Å². The number of hydrogen-bond acceptors (Lipinski definition) is 2. The fourth-order valence-electron chi connectivity index (χ4n) is 0.648. The highest BCUT2D eigenvalue weighted by molar-refractivity contribution is 7.80. The summed E-state index contributed by atoms with van der Waals surface area (Å²) in [7, 11) is 0. The molecule has 0 aliphatic rings. The van der Waals surface area contributed by atoms with Gasteiger partial charge in [0, 0.05) is 5.56 Å². The molecule has 0 N–H and O–H groups in total. The summed E-state index contributed by atoms with van der Waals surface area (Å²) in [6.45, 7) is 0. The summed E-state index contributed by atoms with van der Waals surface area (Å²) in [5.74, 6) is -0.226. The molecular formula is C8H5OS. The zero-order chi connectivity index (χ0) is 7.40. The molecule has 1 nitrogen and oxygen atoms in total. The van der Waals surface area contributed by atoms with Crippen LogP contribution in [0.2, 0.25) is 0 Å². The highest BCUT2D eigenvalue weighted by atomic mass is 32.1. The van der Waals surface area contributed by atoms with Crippen LogP contribution in [0.15, 0.2) is 30.3 Å². The third-order valence-corrected chi connectivity index (χ3v) is 1.31. The summed E-state index contributed by atoms with van der Waals surface area (Å²) in [5.41, 5.74) is 0.595. The zero-order valence-electron chi connectivity index (χ0n) is 5.20. The Labute approximate surface area is 64.7 Å². The van der Waals surface area contributed by atoms with Crippen molar-refractivity contribution in [1.29, 1.82) is 0 Å². The Balaban J connectivity index is 2.95. The summed E-state index contributed by atoms with van der Waals surface area (Å²) in [5, 5.41) is 2.13. The molecule has 0 atom stereocenters. The average molecular weight is 149 g/mol. The van der Waals surface area contributed by atoms with Crippen LogP contribution in [0.5, 0.6) is 0 Å². The minimum absolute atomic E-state index is 0.226. The second kappa shape index (κ2) is 3.22. The molecular weight excluding hydrogens is 144 g/mol. The molecule has 0 spiro atoms. The van der Waals surface area contributed by atoms with Gasteiger partial charge in [0.2, 0.25) is 5.78 Å². The highest BCUT2D eigenvalue weighted by Gasteiger charge is 1.98. The average Bonchev–Trinajstić information content (AvgIpc) is 2.05. The van der Waals surface area contributed by atoms with Crippen molar-refractivity contribution < 1.29 is 4.79 Å². The molecule has 0 unspecified atom stereocenters. The molecule has 0 bridgehead atoms. The monoisotopic (exact) mass is 149 g/mol. The van der Waals surface area contributed by atoms with Crippen molar-refractivity contribution in [3.05, 3.63) is 35.9 Å². The Morgan fingerprint density at radius 3 is 2.40 bits per heavy atom.